The fourth-order valence-electron chi connectivity index (χ4n) is 3.47. The second-order valence-electron chi connectivity index (χ2n) is 7.59. The molecule has 1 amide bonds. The Bertz CT molecular complexity index is 663. The van der Waals surface area contributed by atoms with Crippen LogP contribution >= 0.6 is 0 Å². The Morgan fingerprint density at radius 1 is 1.25 bits per heavy atom. The molecule has 1 aliphatic heterocycles. The number of benzene rings is 1. The van der Waals surface area contributed by atoms with E-state index in [0.29, 0.717) is 13.0 Å². The largest absolute Gasteiger partial charge is 0.451 e. The molecule has 1 aromatic carbocycles. The number of anilines is 1. The first-order valence-corrected chi connectivity index (χ1v) is 8.61. The summed E-state index contributed by atoms with van der Waals surface area (Å²) in [6.07, 6.45) is 3.85. The number of allylic oxidation sites excluding steroid dienone is 2. The van der Waals surface area contributed by atoms with Crippen LogP contribution in [-0.4, -0.2) is 24.5 Å². The SMILES string of the molecule is CC1=CCC(C(=O)O[C@@H]2C(=O)N(c3ccccc3)CC2(C)C)CC1. The number of esters is 1. The zero-order valence-corrected chi connectivity index (χ0v) is 14.6. The number of hydrogen-bond donors (Lipinski definition) is 0. The lowest BCUT2D eigenvalue weighted by molar-refractivity contribution is -0.162. The lowest BCUT2D eigenvalue weighted by Crippen LogP contribution is -2.38. The number of nitrogens with zero attached hydrogens (tertiary/aromatic N) is 1. The predicted octanol–water partition coefficient (Wildman–Crippen LogP) is 3.72. The molecule has 0 bridgehead atoms. The van der Waals surface area contributed by atoms with E-state index in [1.54, 1.807) is 4.90 Å². The van der Waals surface area contributed by atoms with Gasteiger partial charge in [-0.15, -0.1) is 0 Å². The minimum Gasteiger partial charge on any atom is -0.451 e. The van der Waals surface area contributed by atoms with Gasteiger partial charge in [0.15, 0.2) is 6.10 Å². The summed E-state index contributed by atoms with van der Waals surface area (Å²) in [5.41, 5.74) is 1.78. The molecule has 3 rings (SSSR count). The van der Waals surface area contributed by atoms with Crippen molar-refractivity contribution in [3.05, 3.63) is 42.0 Å². The molecule has 1 aromatic rings. The van der Waals surface area contributed by atoms with E-state index in [-0.39, 0.29) is 17.8 Å². The van der Waals surface area contributed by atoms with Gasteiger partial charge in [0.05, 0.1) is 5.92 Å². The fourth-order valence-corrected chi connectivity index (χ4v) is 3.47. The molecule has 0 saturated carbocycles. The van der Waals surface area contributed by atoms with Gasteiger partial charge in [0, 0.05) is 17.6 Å². The molecule has 1 fully saturated rings. The second kappa shape index (κ2) is 6.42. The van der Waals surface area contributed by atoms with E-state index in [0.717, 1.165) is 18.5 Å². The summed E-state index contributed by atoms with van der Waals surface area (Å²) < 4.78 is 5.71. The van der Waals surface area contributed by atoms with Crippen LogP contribution in [0, 0.1) is 11.3 Å². The predicted molar refractivity (Wildman–Crippen MR) is 93.6 cm³/mol. The van der Waals surface area contributed by atoms with E-state index in [4.69, 9.17) is 4.74 Å². The van der Waals surface area contributed by atoms with E-state index in [1.807, 2.05) is 44.2 Å². The van der Waals surface area contributed by atoms with Crippen molar-refractivity contribution in [3.8, 4) is 0 Å². The summed E-state index contributed by atoms with van der Waals surface area (Å²) in [5.74, 6) is -0.481. The molecular formula is C20H25NO3. The Morgan fingerprint density at radius 2 is 1.96 bits per heavy atom. The molecular weight excluding hydrogens is 302 g/mol. The molecule has 0 spiro atoms. The van der Waals surface area contributed by atoms with Crippen LogP contribution in [0.5, 0.6) is 0 Å². The Kier molecular flexibility index (Phi) is 4.48. The van der Waals surface area contributed by atoms with E-state index in [1.165, 1.54) is 5.57 Å². The van der Waals surface area contributed by atoms with Crippen molar-refractivity contribution in [2.75, 3.05) is 11.4 Å². The number of para-hydroxylation sites is 1. The van der Waals surface area contributed by atoms with Crippen molar-refractivity contribution in [2.24, 2.45) is 11.3 Å². The fraction of sp³-hybridized carbons (Fsp3) is 0.500. The summed E-state index contributed by atoms with van der Waals surface area (Å²) >= 11 is 0. The van der Waals surface area contributed by atoms with Crippen LogP contribution < -0.4 is 4.90 Å². The highest BCUT2D eigenvalue weighted by molar-refractivity contribution is 6.00. The third kappa shape index (κ3) is 3.23. The van der Waals surface area contributed by atoms with Crippen LogP contribution in [0.1, 0.15) is 40.0 Å². The van der Waals surface area contributed by atoms with Crippen molar-refractivity contribution in [1.29, 1.82) is 0 Å². The smallest absolute Gasteiger partial charge is 0.310 e. The van der Waals surface area contributed by atoms with Crippen molar-refractivity contribution < 1.29 is 14.3 Å². The normalized spacial score (nSPS) is 26.2. The summed E-state index contributed by atoms with van der Waals surface area (Å²) in [7, 11) is 0. The highest BCUT2D eigenvalue weighted by Crippen LogP contribution is 2.37. The van der Waals surface area contributed by atoms with E-state index >= 15 is 0 Å². The van der Waals surface area contributed by atoms with Gasteiger partial charge in [-0.25, -0.2) is 0 Å². The number of carbonyl (C=O) groups is 2. The van der Waals surface area contributed by atoms with Crippen LogP contribution in [0.25, 0.3) is 0 Å². The average molecular weight is 327 g/mol. The van der Waals surface area contributed by atoms with Crippen LogP contribution in [-0.2, 0) is 14.3 Å². The molecule has 1 saturated heterocycles. The highest BCUT2D eigenvalue weighted by atomic mass is 16.6. The van der Waals surface area contributed by atoms with Gasteiger partial charge in [-0.1, -0.05) is 43.7 Å². The minimum absolute atomic E-state index is 0.122. The zero-order valence-electron chi connectivity index (χ0n) is 14.6. The first kappa shape index (κ1) is 16.7. The van der Waals surface area contributed by atoms with Gasteiger partial charge in [0.25, 0.3) is 5.91 Å². The molecule has 2 atom stereocenters. The van der Waals surface area contributed by atoms with Gasteiger partial charge in [-0.3, -0.25) is 9.59 Å². The molecule has 0 aromatic heterocycles. The maximum atomic E-state index is 12.8. The first-order chi connectivity index (χ1) is 11.4. The van der Waals surface area contributed by atoms with Gasteiger partial charge >= 0.3 is 5.97 Å². The number of carbonyl (C=O) groups excluding carboxylic acids is 2. The van der Waals surface area contributed by atoms with E-state index in [9.17, 15) is 9.59 Å². The Hall–Kier alpha value is -2.10. The summed E-state index contributed by atoms with van der Waals surface area (Å²) in [6, 6.07) is 9.56. The van der Waals surface area contributed by atoms with Gasteiger partial charge in [0.1, 0.15) is 0 Å². The minimum atomic E-state index is -0.711. The quantitative estimate of drug-likeness (QED) is 0.628. The lowest BCUT2D eigenvalue weighted by Gasteiger charge is -2.26. The number of rotatable bonds is 3. The Labute approximate surface area is 143 Å². The monoisotopic (exact) mass is 327 g/mol. The molecule has 24 heavy (non-hydrogen) atoms. The van der Waals surface area contributed by atoms with Gasteiger partial charge < -0.3 is 9.64 Å². The summed E-state index contributed by atoms with van der Waals surface area (Å²) in [4.78, 5) is 27.1. The van der Waals surface area contributed by atoms with Crippen molar-refractivity contribution >= 4 is 17.6 Å². The maximum Gasteiger partial charge on any atom is 0.310 e. The number of amides is 1. The summed E-state index contributed by atoms with van der Waals surface area (Å²) in [5, 5.41) is 0. The number of ether oxygens (including phenoxy) is 1. The van der Waals surface area contributed by atoms with Gasteiger partial charge in [0.2, 0.25) is 0 Å². The zero-order chi connectivity index (χ0) is 17.3. The average Bonchev–Trinajstić information content (AvgIpc) is 2.80. The van der Waals surface area contributed by atoms with Crippen molar-refractivity contribution in [1.82, 2.24) is 0 Å². The van der Waals surface area contributed by atoms with Gasteiger partial charge in [-0.05, 0) is 38.3 Å². The van der Waals surface area contributed by atoms with Crippen molar-refractivity contribution in [2.45, 2.75) is 46.1 Å². The van der Waals surface area contributed by atoms with Crippen LogP contribution in [0.2, 0.25) is 0 Å². The van der Waals surface area contributed by atoms with Gasteiger partial charge in [-0.2, -0.15) is 0 Å². The molecule has 1 heterocycles. The van der Waals surface area contributed by atoms with Crippen molar-refractivity contribution in [3.63, 3.8) is 0 Å². The topological polar surface area (TPSA) is 46.6 Å². The molecule has 1 unspecified atom stereocenters. The van der Waals surface area contributed by atoms with E-state index in [2.05, 4.69) is 13.0 Å². The Morgan fingerprint density at radius 3 is 2.58 bits per heavy atom. The molecule has 4 heteroatoms. The third-order valence-corrected chi connectivity index (χ3v) is 5.04. The molecule has 1 aliphatic carbocycles. The molecule has 0 radical (unpaired) electrons. The second-order valence-corrected chi connectivity index (χ2v) is 7.59. The summed E-state index contributed by atoms with van der Waals surface area (Å²) in [6.45, 7) is 6.60. The molecule has 0 N–H and O–H groups in total. The first-order valence-electron chi connectivity index (χ1n) is 8.61. The maximum absolute atomic E-state index is 12.8. The molecule has 2 aliphatic rings. The standard InChI is InChI=1S/C20H25NO3/c1-14-9-11-15(12-10-14)19(23)24-17-18(22)21(13-20(17,2)3)16-7-5-4-6-8-16/h4-9,15,17H,10-13H2,1-3H3/t15?,17-/m1/s1. The van der Waals surface area contributed by atoms with Crippen LogP contribution in [0.3, 0.4) is 0 Å². The third-order valence-electron chi connectivity index (χ3n) is 5.04. The number of hydrogen-bond acceptors (Lipinski definition) is 3. The highest BCUT2D eigenvalue weighted by Gasteiger charge is 2.49. The molecule has 128 valence electrons. The van der Waals surface area contributed by atoms with E-state index < -0.39 is 11.5 Å². The lowest BCUT2D eigenvalue weighted by atomic mass is 9.88. The van der Waals surface area contributed by atoms with Crippen LogP contribution in [0.4, 0.5) is 5.69 Å². The van der Waals surface area contributed by atoms with Crippen LogP contribution in [0.15, 0.2) is 42.0 Å². The molecule has 4 nitrogen and oxygen atoms in total. The Balaban J connectivity index is 1.73.